The van der Waals surface area contributed by atoms with Gasteiger partial charge >= 0.3 is 0 Å². The first-order valence-corrected chi connectivity index (χ1v) is 13.5. The van der Waals surface area contributed by atoms with Gasteiger partial charge in [0.15, 0.2) is 12.3 Å². The maximum absolute atomic E-state index is 11.9. The van der Waals surface area contributed by atoms with Gasteiger partial charge in [-0.15, -0.1) is 10.2 Å². The Bertz CT molecular complexity index is 1450. The third-order valence-corrected chi connectivity index (χ3v) is 7.38. The van der Waals surface area contributed by atoms with Gasteiger partial charge in [0.05, 0.1) is 5.69 Å². The highest BCUT2D eigenvalue weighted by atomic mass is 16.5. The molecule has 12 nitrogen and oxygen atoms in total. The predicted molar refractivity (Wildman–Crippen MR) is 153 cm³/mol. The number of likely N-dealkylation sites (N-methyl/N-ethyl adjacent to an activating group) is 1. The second-order valence-electron chi connectivity index (χ2n) is 10.1. The molecule has 0 bridgehead atoms. The van der Waals surface area contributed by atoms with Crippen molar-refractivity contribution in [1.82, 2.24) is 21.5 Å². The molecule has 0 saturated heterocycles. The number of nitrogens with zero attached hydrogens (tertiary/aromatic N) is 6. The molecule has 3 aliphatic rings. The van der Waals surface area contributed by atoms with Crippen LogP contribution >= 0.6 is 0 Å². The Hall–Kier alpha value is -4.52. The van der Waals surface area contributed by atoms with Crippen molar-refractivity contribution in [2.75, 3.05) is 25.2 Å². The van der Waals surface area contributed by atoms with E-state index in [0.29, 0.717) is 24.5 Å². The van der Waals surface area contributed by atoms with Crippen LogP contribution in [0.3, 0.4) is 0 Å². The summed E-state index contributed by atoms with van der Waals surface area (Å²) < 4.78 is 12.6. The van der Waals surface area contributed by atoms with Crippen molar-refractivity contribution in [3.63, 3.8) is 0 Å². The Kier molecular flexibility index (Phi) is 7.76. The number of allylic oxidation sites excluding steroid dienone is 1. The van der Waals surface area contributed by atoms with Gasteiger partial charge in [0.2, 0.25) is 0 Å². The Balaban J connectivity index is 1.42. The summed E-state index contributed by atoms with van der Waals surface area (Å²) in [5.74, 6) is 1.23. The minimum absolute atomic E-state index is 0.248. The molecule has 3 aromatic carbocycles. The van der Waals surface area contributed by atoms with E-state index < -0.39 is 6.23 Å². The molecule has 3 heterocycles. The van der Waals surface area contributed by atoms with Crippen LogP contribution < -0.4 is 30.9 Å². The zero-order chi connectivity index (χ0) is 28.2. The van der Waals surface area contributed by atoms with E-state index in [0.717, 1.165) is 33.5 Å². The Morgan fingerprint density at radius 2 is 1.66 bits per heavy atom. The molecule has 3 atom stereocenters. The standard InChI is InChI=1S/C29H33N9O3/c1-19-23(13-20-9-5-3-6-10-20)29(39)38(16-21-11-7-4-8-12-21)24-14-22(40-18-27-32-35-36-37(27)2)15-25(28(19)24)41-17-26-30-33-34-31-26/h3-12,14-15,26-27,29,39H,13,16-18H2,1-2H3,(H,30,34)(H,31,33)(H,32,36). The molecule has 0 amide bonds. The maximum Gasteiger partial charge on any atom is 0.177 e. The van der Waals surface area contributed by atoms with Gasteiger partial charge in [0, 0.05) is 31.3 Å². The zero-order valence-corrected chi connectivity index (χ0v) is 22.9. The van der Waals surface area contributed by atoms with Crippen LogP contribution in [0.5, 0.6) is 11.5 Å². The van der Waals surface area contributed by atoms with Crippen LogP contribution in [-0.2, 0) is 13.0 Å². The SMILES string of the molecule is CC1=C(Cc2ccccc2)C(O)N(Cc2ccccc2)c2cc(OCC3N=NNN3C)cc(OCC3N=NNN3)c21. The Morgan fingerprint density at radius 1 is 0.902 bits per heavy atom. The first kappa shape index (κ1) is 26.7. The molecule has 41 heavy (non-hydrogen) atoms. The zero-order valence-electron chi connectivity index (χ0n) is 22.9. The first-order chi connectivity index (χ1) is 20.1. The van der Waals surface area contributed by atoms with Gasteiger partial charge in [-0.3, -0.25) is 0 Å². The summed E-state index contributed by atoms with van der Waals surface area (Å²) in [6.45, 7) is 3.07. The third-order valence-electron chi connectivity index (χ3n) is 7.38. The van der Waals surface area contributed by atoms with Crippen LogP contribution in [-0.4, -0.2) is 48.9 Å². The molecular weight excluding hydrogens is 522 g/mol. The predicted octanol–water partition coefficient (Wildman–Crippen LogP) is 3.74. The summed E-state index contributed by atoms with van der Waals surface area (Å²) in [7, 11) is 1.85. The van der Waals surface area contributed by atoms with Crippen LogP contribution in [0.1, 0.15) is 23.6 Å². The Morgan fingerprint density at radius 3 is 2.34 bits per heavy atom. The van der Waals surface area contributed by atoms with Gasteiger partial charge in [-0.2, -0.15) is 10.4 Å². The molecule has 0 aromatic heterocycles. The van der Waals surface area contributed by atoms with Gasteiger partial charge in [-0.1, -0.05) is 71.1 Å². The average Bonchev–Trinajstić information content (AvgIpc) is 3.67. The van der Waals surface area contributed by atoms with E-state index in [1.54, 1.807) is 5.01 Å². The number of rotatable bonds is 10. The van der Waals surface area contributed by atoms with Crippen molar-refractivity contribution in [3.05, 3.63) is 95.1 Å². The molecule has 6 rings (SSSR count). The number of aliphatic hydroxyl groups excluding tert-OH is 1. The molecule has 3 aromatic rings. The van der Waals surface area contributed by atoms with E-state index in [1.807, 2.05) is 67.4 Å². The summed E-state index contributed by atoms with van der Waals surface area (Å²) in [5, 5.41) is 29.6. The van der Waals surface area contributed by atoms with Gasteiger partial charge < -0.3 is 19.5 Å². The second kappa shape index (κ2) is 11.9. The smallest absolute Gasteiger partial charge is 0.177 e. The summed E-state index contributed by atoms with van der Waals surface area (Å²) >= 11 is 0. The first-order valence-electron chi connectivity index (χ1n) is 13.5. The summed E-state index contributed by atoms with van der Waals surface area (Å²) in [5.41, 5.74) is 14.2. The lowest BCUT2D eigenvalue weighted by atomic mass is 9.88. The molecule has 3 unspecified atom stereocenters. The van der Waals surface area contributed by atoms with E-state index in [2.05, 4.69) is 61.4 Å². The number of aliphatic hydroxyl groups is 1. The molecule has 0 aliphatic carbocycles. The van der Waals surface area contributed by atoms with E-state index in [1.165, 1.54) is 0 Å². The fraction of sp³-hybridized carbons (Fsp3) is 0.310. The fourth-order valence-corrected chi connectivity index (χ4v) is 5.14. The molecule has 0 spiro atoms. The minimum Gasteiger partial charge on any atom is -0.490 e. The van der Waals surface area contributed by atoms with Gasteiger partial charge in [0.25, 0.3) is 0 Å². The highest BCUT2D eigenvalue weighted by Crippen LogP contribution is 2.46. The molecule has 0 fully saturated rings. The Labute approximate surface area is 238 Å². The summed E-state index contributed by atoms with van der Waals surface area (Å²) in [6, 6.07) is 24.2. The van der Waals surface area contributed by atoms with Crippen LogP contribution in [0.4, 0.5) is 5.69 Å². The number of hydrazine groups is 2. The van der Waals surface area contributed by atoms with Crippen molar-refractivity contribution < 1.29 is 14.6 Å². The molecule has 3 aliphatic heterocycles. The van der Waals surface area contributed by atoms with Gasteiger partial charge in [-0.25, -0.2) is 11.1 Å². The van der Waals surface area contributed by atoms with E-state index in [4.69, 9.17) is 9.47 Å². The lowest BCUT2D eigenvalue weighted by Gasteiger charge is -2.39. The normalized spacial score (nSPS) is 21.5. The van der Waals surface area contributed by atoms with E-state index >= 15 is 0 Å². The number of benzene rings is 3. The average molecular weight is 556 g/mol. The van der Waals surface area contributed by atoms with Crippen molar-refractivity contribution in [2.24, 2.45) is 20.7 Å². The molecular formula is C29H33N9O3. The number of ether oxygens (including phenoxy) is 2. The third kappa shape index (κ3) is 5.85. The molecule has 0 radical (unpaired) electrons. The molecule has 12 heteroatoms. The number of fused-ring (bicyclic) bond motifs is 1. The lowest BCUT2D eigenvalue weighted by Crippen LogP contribution is -2.40. The number of anilines is 1. The molecule has 0 saturated carbocycles. The second-order valence-corrected chi connectivity index (χ2v) is 10.1. The highest BCUT2D eigenvalue weighted by Gasteiger charge is 2.34. The number of hydrogen-bond donors (Lipinski definition) is 4. The summed E-state index contributed by atoms with van der Waals surface area (Å²) in [6.07, 6.45) is -0.851. The molecule has 4 N–H and O–H groups in total. The monoisotopic (exact) mass is 555 g/mol. The van der Waals surface area contributed by atoms with E-state index in [9.17, 15) is 5.11 Å². The number of hydrogen-bond acceptors (Lipinski definition) is 12. The van der Waals surface area contributed by atoms with Crippen molar-refractivity contribution in [3.8, 4) is 11.5 Å². The summed E-state index contributed by atoms with van der Waals surface area (Å²) in [4.78, 5) is 2.01. The van der Waals surface area contributed by atoms with Crippen molar-refractivity contribution >= 4 is 11.3 Å². The topological polar surface area (TPSA) is 131 Å². The number of nitrogens with one attached hydrogen (secondary N) is 3. The van der Waals surface area contributed by atoms with Crippen LogP contribution in [0.2, 0.25) is 0 Å². The molecule has 212 valence electrons. The maximum atomic E-state index is 11.9. The minimum atomic E-state index is -0.848. The van der Waals surface area contributed by atoms with E-state index in [-0.39, 0.29) is 25.5 Å². The van der Waals surface area contributed by atoms with Gasteiger partial charge in [-0.05, 0) is 35.6 Å². The quantitative estimate of drug-likeness (QED) is 0.298. The van der Waals surface area contributed by atoms with Crippen LogP contribution in [0.25, 0.3) is 5.57 Å². The van der Waals surface area contributed by atoms with Gasteiger partial charge in [0.1, 0.15) is 30.9 Å². The fourth-order valence-electron chi connectivity index (χ4n) is 5.14. The largest absolute Gasteiger partial charge is 0.490 e. The van der Waals surface area contributed by atoms with Crippen molar-refractivity contribution in [2.45, 2.75) is 38.4 Å². The lowest BCUT2D eigenvalue weighted by molar-refractivity contribution is 0.154. The van der Waals surface area contributed by atoms with Crippen LogP contribution in [0, 0.1) is 0 Å². The van der Waals surface area contributed by atoms with Crippen molar-refractivity contribution in [1.29, 1.82) is 0 Å². The van der Waals surface area contributed by atoms with Crippen LogP contribution in [0.15, 0.2) is 99.0 Å². The highest BCUT2D eigenvalue weighted by molar-refractivity contribution is 5.87.